The third-order valence-corrected chi connectivity index (χ3v) is 3.77. The van der Waals surface area contributed by atoms with Gasteiger partial charge in [-0.25, -0.2) is 4.79 Å². The Hall–Kier alpha value is -2.69. The summed E-state index contributed by atoms with van der Waals surface area (Å²) in [6, 6.07) is 11.5. The lowest BCUT2D eigenvalue weighted by Crippen LogP contribution is -2.13. The zero-order valence-corrected chi connectivity index (χ0v) is 14.5. The maximum absolute atomic E-state index is 11.5. The minimum absolute atomic E-state index is 0.308. The van der Waals surface area contributed by atoms with E-state index in [0.717, 1.165) is 23.3 Å². The average molecular weight is 329 g/mol. The molecule has 0 saturated carbocycles. The van der Waals surface area contributed by atoms with E-state index in [1.54, 1.807) is 19.2 Å². The monoisotopic (exact) mass is 329 g/mol. The molecule has 5 heteroatoms. The van der Waals surface area contributed by atoms with Gasteiger partial charge in [-0.3, -0.25) is 5.32 Å². The van der Waals surface area contributed by atoms with Crippen molar-refractivity contribution in [3.63, 3.8) is 0 Å². The molecule has 0 aliphatic carbocycles. The first-order chi connectivity index (χ1) is 11.6. The van der Waals surface area contributed by atoms with Gasteiger partial charge in [0.15, 0.2) is 0 Å². The number of hydrogen-bond acceptors (Lipinski definition) is 4. The van der Waals surface area contributed by atoms with Crippen molar-refractivity contribution in [3.05, 3.63) is 53.1 Å². The van der Waals surface area contributed by atoms with E-state index in [0.29, 0.717) is 18.0 Å². The van der Waals surface area contributed by atoms with Gasteiger partial charge < -0.3 is 14.2 Å². The van der Waals surface area contributed by atoms with Gasteiger partial charge in [0, 0.05) is 5.56 Å². The normalized spacial score (nSPS) is 10.2. The quantitative estimate of drug-likeness (QED) is 0.857. The Morgan fingerprint density at radius 1 is 1.12 bits per heavy atom. The van der Waals surface area contributed by atoms with Gasteiger partial charge in [-0.2, -0.15) is 0 Å². The minimum Gasteiger partial charge on any atom is -0.497 e. The number of carbonyl (C=O) groups is 1. The van der Waals surface area contributed by atoms with Crippen molar-refractivity contribution in [3.8, 4) is 11.5 Å². The van der Waals surface area contributed by atoms with Crippen molar-refractivity contribution in [1.82, 2.24) is 0 Å². The summed E-state index contributed by atoms with van der Waals surface area (Å²) in [5, 5.41) is 2.68. The molecule has 0 atom stereocenters. The summed E-state index contributed by atoms with van der Waals surface area (Å²) < 4.78 is 15.8. The fourth-order valence-corrected chi connectivity index (χ4v) is 2.35. The molecule has 0 spiro atoms. The molecular weight excluding hydrogens is 306 g/mol. The van der Waals surface area contributed by atoms with Crippen LogP contribution in [0.5, 0.6) is 11.5 Å². The molecule has 128 valence electrons. The van der Waals surface area contributed by atoms with Crippen LogP contribution in [0.1, 0.15) is 23.6 Å². The third kappa shape index (κ3) is 4.41. The second-order valence-corrected chi connectivity index (χ2v) is 5.38. The van der Waals surface area contributed by atoms with Crippen LogP contribution in [0.4, 0.5) is 10.5 Å². The van der Waals surface area contributed by atoms with Crippen LogP contribution in [0.25, 0.3) is 0 Å². The third-order valence-electron chi connectivity index (χ3n) is 3.77. The molecule has 0 aromatic heterocycles. The van der Waals surface area contributed by atoms with E-state index in [2.05, 4.69) is 29.1 Å². The topological polar surface area (TPSA) is 56.8 Å². The Morgan fingerprint density at radius 3 is 2.54 bits per heavy atom. The number of ether oxygens (including phenoxy) is 3. The second-order valence-electron chi connectivity index (χ2n) is 5.38. The number of nitrogens with one attached hydrogen (secondary N) is 1. The predicted molar refractivity (Wildman–Crippen MR) is 93.9 cm³/mol. The van der Waals surface area contributed by atoms with E-state index in [1.165, 1.54) is 12.7 Å². The van der Waals surface area contributed by atoms with Crippen molar-refractivity contribution < 1.29 is 19.0 Å². The summed E-state index contributed by atoms with van der Waals surface area (Å²) in [5.74, 6) is 1.51. The van der Waals surface area contributed by atoms with Crippen molar-refractivity contribution >= 4 is 11.8 Å². The number of anilines is 1. The summed E-state index contributed by atoms with van der Waals surface area (Å²) in [6.45, 7) is 4.45. The SMILES string of the molecule is CCc1ccc(OCc2cc(OC)ccc2NC(=O)OC)c(C)c1. The van der Waals surface area contributed by atoms with Gasteiger partial charge in [0.2, 0.25) is 0 Å². The van der Waals surface area contributed by atoms with Gasteiger partial charge in [-0.1, -0.05) is 19.1 Å². The first-order valence-corrected chi connectivity index (χ1v) is 7.81. The number of rotatable bonds is 6. The molecule has 5 nitrogen and oxygen atoms in total. The maximum Gasteiger partial charge on any atom is 0.411 e. The molecule has 0 saturated heterocycles. The van der Waals surface area contributed by atoms with Crippen molar-refractivity contribution in [1.29, 1.82) is 0 Å². The van der Waals surface area contributed by atoms with Crippen molar-refractivity contribution in [2.45, 2.75) is 26.9 Å². The van der Waals surface area contributed by atoms with Crippen LogP contribution < -0.4 is 14.8 Å². The standard InChI is InChI=1S/C19H23NO4/c1-5-14-6-9-18(13(2)10-14)24-12-15-11-16(22-3)7-8-17(15)20-19(21)23-4/h6-11H,5,12H2,1-4H3,(H,20,21). The number of aryl methyl sites for hydroxylation is 2. The molecule has 1 N–H and O–H groups in total. The number of benzene rings is 2. The number of amides is 1. The average Bonchev–Trinajstić information content (AvgIpc) is 2.61. The zero-order valence-electron chi connectivity index (χ0n) is 14.5. The molecule has 0 heterocycles. The molecule has 24 heavy (non-hydrogen) atoms. The van der Waals surface area contributed by atoms with Crippen molar-refractivity contribution in [2.24, 2.45) is 0 Å². The highest BCUT2D eigenvalue weighted by Gasteiger charge is 2.10. The smallest absolute Gasteiger partial charge is 0.411 e. The summed E-state index contributed by atoms with van der Waals surface area (Å²) in [5.41, 5.74) is 3.79. The lowest BCUT2D eigenvalue weighted by atomic mass is 10.1. The van der Waals surface area contributed by atoms with Crippen LogP contribution >= 0.6 is 0 Å². The number of carbonyl (C=O) groups excluding carboxylic acids is 1. The molecule has 0 unspecified atom stereocenters. The van der Waals surface area contributed by atoms with E-state index >= 15 is 0 Å². The molecule has 0 radical (unpaired) electrons. The van der Waals surface area contributed by atoms with Gasteiger partial charge in [0.1, 0.15) is 18.1 Å². The molecule has 0 bridgehead atoms. The Bertz CT molecular complexity index is 713. The van der Waals surface area contributed by atoms with E-state index in [-0.39, 0.29) is 0 Å². The first-order valence-electron chi connectivity index (χ1n) is 7.81. The Balaban J connectivity index is 2.19. The molecule has 0 aliphatic rings. The predicted octanol–water partition coefficient (Wildman–Crippen LogP) is 4.32. The van der Waals surface area contributed by atoms with Gasteiger partial charge in [0.25, 0.3) is 0 Å². The minimum atomic E-state index is -0.523. The van der Waals surface area contributed by atoms with E-state index in [1.807, 2.05) is 19.1 Å². The first kappa shape index (κ1) is 17.7. The van der Waals surface area contributed by atoms with Crippen LogP contribution in [0.3, 0.4) is 0 Å². The molecule has 0 aliphatic heterocycles. The van der Waals surface area contributed by atoms with Crippen LogP contribution in [0.15, 0.2) is 36.4 Å². The van der Waals surface area contributed by atoms with E-state index < -0.39 is 6.09 Å². The summed E-state index contributed by atoms with van der Waals surface area (Å²) >= 11 is 0. The van der Waals surface area contributed by atoms with Gasteiger partial charge in [0.05, 0.1) is 19.9 Å². The Morgan fingerprint density at radius 2 is 1.92 bits per heavy atom. The maximum atomic E-state index is 11.5. The molecule has 0 fully saturated rings. The highest BCUT2D eigenvalue weighted by atomic mass is 16.5. The lowest BCUT2D eigenvalue weighted by molar-refractivity contribution is 0.187. The molecule has 1 amide bonds. The lowest BCUT2D eigenvalue weighted by Gasteiger charge is -2.14. The molecular formula is C19H23NO4. The van der Waals surface area contributed by atoms with Crippen LogP contribution in [-0.4, -0.2) is 20.3 Å². The molecule has 2 rings (SSSR count). The molecule has 2 aromatic carbocycles. The fourth-order valence-electron chi connectivity index (χ4n) is 2.35. The summed E-state index contributed by atoms with van der Waals surface area (Å²) in [4.78, 5) is 11.5. The second kappa shape index (κ2) is 8.24. The highest BCUT2D eigenvalue weighted by molar-refractivity contribution is 5.85. The van der Waals surface area contributed by atoms with Crippen LogP contribution in [-0.2, 0) is 17.8 Å². The fraction of sp³-hybridized carbons (Fsp3) is 0.316. The number of hydrogen-bond donors (Lipinski definition) is 1. The number of methoxy groups -OCH3 is 2. The highest BCUT2D eigenvalue weighted by Crippen LogP contribution is 2.26. The Kier molecular flexibility index (Phi) is 6.07. The molecule has 2 aromatic rings. The van der Waals surface area contributed by atoms with E-state index in [9.17, 15) is 4.79 Å². The zero-order chi connectivity index (χ0) is 17.5. The van der Waals surface area contributed by atoms with Gasteiger partial charge >= 0.3 is 6.09 Å². The summed E-state index contributed by atoms with van der Waals surface area (Å²) in [7, 11) is 2.93. The van der Waals surface area contributed by atoms with Gasteiger partial charge in [-0.15, -0.1) is 0 Å². The largest absolute Gasteiger partial charge is 0.497 e. The Labute approximate surface area is 142 Å². The van der Waals surface area contributed by atoms with E-state index in [4.69, 9.17) is 9.47 Å². The van der Waals surface area contributed by atoms with Crippen molar-refractivity contribution in [2.75, 3.05) is 19.5 Å². The van der Waals surface area contributed by atoms with Gasteiger partial charge in [-0.05, 0) is 48.7 Å². The van der Waals surface area contributed by atoms with Crippen LogP contribution in [0.2, 0.25) is 0 Å². The van der Waals surface area contributed by atoms with Crippen LogP contribution in [0, 0.1) is 6.92 Å². The summed E-state index contributed by atoms with van der Waals surface area (Å²) in [6.07, 6.45) is 0.467.